The van der Waals surface area contributed by atoms with E-state index in [-0.39, 0.29) is 5.82 Å². The maximum Gasteiger partial charge on any atom is 0.196 e. The van der Waals surface area contributed by atoms with Crippen molar-refractivity contribution in [3.63, 3.8) is 0 Å². The zero-order valence-corrected chi connectivity index (χ0v) is 17.6. The highest BCUT2D eigenvalue weighted by Gasteiger charge is 2.17. The lowest BCUT2D eigenvalue weighted by Crippen LogP contribution is -2.01. The summed E-state index contributed by atoms with van der Waals surface area (Å²) < 4.78 is 16.1. The molecule has 4 rings (SSSR count). The smallest absolute Gasteiger partial charge is 0.196 e. The number of hydrogen-bond donors (Lipinski definition) is 0. The summed E-state index contributed by atoms with van der Waals surface area (Å²) in [5, 5.41) is 10.2. The topological polar surface area (TPSA) is 30.7 Å². The van der Waals surface area contributed by atoms with Gasteiger partial charge in [0.15, 0.2) is 11.0 Å². The number of hydrogen-bond acceptors (Lipinski definition) is 3. The van der Waals surface area contributed by atoms with Crippen LogP contribution in [-0.4, -0.2) is 14.8 Å². The molecule has 3 nitrogen and oxygen atoms in total. The van der Waals surface area contributed by atoms with Crippen molar-refractivity contribution in [1.29, 1.82) is 0 Å². The molecule has 0 saturated heterocycles. The van der Waals surface area contributed by atoms with Gasteiger partial charge in [-0.2, -0.15) is 0 Å². The van der Waals surface area contributed by atoms with E-state index in [0.29, 0.717) is 21.5 Å². The second-order valence-electron chi connectivity index (χ2n) is 6.80. The van der Waals surface area contributed by atoms with Gasteiger partial charge in [0.2, 0.25) is 0 Å². The van der Waals surface area contributed by atoms with Crippen LogP contribution >= 0.6 is 23.4 Å². The van der Waals surface area contributed by atoms with Crippen LogP contribution < -0.4 is 0 Å². The molecule has 0 saturated carbocycles. The number of thioether (sulfide) groups is 1. The van der Waals surface area contributed by atoms with E-state index < -0.39 is 0 Å². The van der Waals surface area contributed by atoms with E-state index in [1.165, 1.54) is 29.0 Å². The first-order valence-corrected chi connectivity index (χ1v) is 10.5. The summed E-state index contributed by atoms with van der Waals surface area (Å²) in [5.74, 6) is 0.979. The van der Waals surface area contributed by atoms with Crippen LogP contribution in [0.25, 0.3) is 17.1 Å². The van der Waals surface area contributed by atoms with Gasteiger partial charge in [-0.1, -0.05) is 47.6 Å². The van der Waals surface area contributed by atoms with Gasteiger partial charge in [-0.15, -0.1) is 10.2 Å². The highest BCUT2D eigenvalue weighted by atomic mass is 35.5. The third-order valence-corrected chi connectivity index (χ3v) is 6.03. The Morgan fingerprint density at radius 1 is 0.931 bits per heavy atom. The Labute approximate surface area is 178 Å². The van der Waals surface area contributed by atoms with Crippen LogP contribution in [0.2, 0.25) is 5.02 Å². The van der Waals surface area contributed by atoms with Gasteiger partial charge in [-0.3, -0.25) is 4.57 Å². The predicted molar refractivity (Wildman–Crippen MR) is 117 cm³/mol. The van der Waals surface area contributed by atoms with Crippen LogP contribution in [0.5, 0.6) is 0 Å². The molecule has 0 aliphatic rings. The number of rotatable bonds is 5. The number of aromatic nitrogens is 3. The van der Waals surface area contributed by atoms with Gasteiger partial charge >= 0.3 is 0 Å². The van der Waals surface area contributed by atoms with Gasteiger partial charge in [-0.05, 0) is 73.0 Å². The van der Waals surface area contributed by atoms with Crippen molar-refractivity contribution in [2.75, 3.05) is 0 Å². The third kappa shape index (κ3) is 4.21. The Balaban J connectivity index is 1.77. The van der Waals surface area contributed by atoms with Crippen molar-refractivity contribution in [2.45, 2.75) is 24.8 Å². The predicted octanol–water partition coefficient (Wildman–Crippen LogP) is 6.64. The van der Waals surface area contributed by atoms with Crippen molar-refractivity contribution < 1.29 is 4.39 Å². The molecule has 0 N–H and O–H groups in total. The monoisotopic (exact) mass is 423 g/mol. The van der Waals surface area contributed by atoms with E-state index in [1.807, 2.05) is 34.9 Å². The van der Waals surface area contributed by atoms with E-state index in [4.69, 9.17) is 11.6 Å². The first kappa shape index (κ1) is 19.7. The third-order valence-electron chi connectivity index (χ3n) is 4.80. The molecule has 0 amide bonds. The first-order valence-electron chi connectivity index (χ1n) is 9.18. The second-order valence-corrected chi connectivity index (χ2v) is 8.18. The van der Waals surface area contributed by atoms with Crippen molar-refractivity contribution in [3.8, 4) is 17.1 Å². The maximum atomic E-state index is 14.1. The molecule has 0 fully saturated rings. The van der Waals surface area contributed by atoms with Crippen molar-refractivity contribution in [3.05, 3.63) is 94.3 Å². The van der Waals surface area contributed by atoms with Gasteiger partial charge in [0.05, 0.1) is 5.69 Å². The SMILES string of the molecule is Cc1ccc(-n2c(SCc3ccccc3F)nnc2-c2ccc(Cl)cc2)cc1C. The largest absolute Gasteiger partial charge is 0.270 e. The molecule has 1 aromatic heterocycles. The highest BCUT2D eigenvalue weighted by Crippen LogP contribution is 2.31. The number of benzene rings is 3. The number of nitrogens with zero attached hydrogens (tertiary/aromatic N) is 3. The molecule has 0 spiro atoms. The maximum absolute atomic E-state index is 14.1. The van der Waals surface area contributed by atoms with Crippen LogP contribution in [0.3, 0.4) is 0 Å². The van der Waals surface area contributed by atoms with Crippen LogP contribution in [0, 0.1) is 19.7 Å². The van der Waals surface area contributed by atoms with Crippen molar-refractivity contribution in [2.24, 2.45) is 0 Å². The lowest BCUT2D eigenvalue weighted by molar-refractivity contribution is 0.617. The van der Waals surface area contributed by atoms with E-state index in [2.05, 4.69) is 42.2 Å². The molecular weight excluding hydrogens is 405 g/mol. The zero-order valence-electron chi connectivity index (χ0n) is 16.1. The minimum Gasteiger partial charge on any atom is -0.270 e. The average Bonchev–Trinajstić information content (AvgIpc) is 3.14. The summed E-state index contributed by atoms with van der Waals surface area (Å²) >= 11 is 7.51. The Kier molecular flexibility index (Phi) is 5.69. The standard InChI is InChI=1S/C23H19ClFN3S/c1-15-7-12-20(13-16(15)2)28-22(17-8-10-19(24)11-9-17)26-27-23(28)29-14-18-5-3-4-6-21(18)25/h3-13H,14H2,1-2H3. The average molecular weight is 424 g/mol. The quantitative estimate of drug-likeness (QED) is 0.337. The van der Waals surface area contributed by atoms with Crippen LogP contribution in [0.15, 0.2) is 71.9 Å². The Morgan fingerprint density at radius 2 is 1.69 bits per heavy atom. The summed E-state index contributed by atoms with van der Waals surface area (Å²) in [6.07, 6.45) is 0. The molecule has 0 unspecified atom stereocenters. The fourth-order valence-corrected chi connectivity index (χ4v) is 4.07. The molecular formula is C23H19ClFN3S. The van der Waals surface area contributed by atoms with Gasteiger partial charge in [0.1, 0.15) is 5.82 Å². The van der Waals surface area contributed by atoms with Crippen molar-refractivity contribution in [1.82, 2.24) is 14.8 Å². The molecule has 0 aliphatic carbocycles. The fourth-order valence-electron chi connectivity index (χ4n) is 3.00. The lowest BCUT2D eigenvalue weighted by atomic mass is 10.1. The minimum absolute atomic E-state index is 0.213. The van der Waals surface area contributed by atoms with Gasteiger partial charge < -0.3 is 0 Å². The highest BCUT2D eigenvalue weighted by molar-refractivity contribution is 7.98. The second kappa shape index (κ2) is 8.39. The number of halogens is 2. The zero-order chi connectivity index (χ0) is 20.4. The first-order chi connectivity index (χ1) is 14.0. The van der Waals surface area contributed by atoms with E-state index in [9.17, 15) is 4.39 Å². The van der Waals surface area contributed by atoms with Gasteiger partial charge in [-0.25, -0.2) is 4.39 Å². The van der Waals surface area contributed by atoms with Crippen LogP contribution in [-0.2, 0) is 5.75 Å². The Hall–Kier alpha value is -2.63. The molecule has 0 atom stereocenters. The Morgan fingerprint density at radius 3 is 2.41 bits per heavy atom. The minimum atomic E-state index is -0.213. The van der Waals surface area contributed by atoms with E-state index in [0.717, 1.165) is 17.1 Å². The van der Waals surface area contributed by atoms with E-state index >= 15 is 0 Å². The molecule has 1 heterocycles. The molecule has 29 heavy (non-hydrogen) atoms. The summed E-state index contributed by atoms with van der Waals surface area (Å²) in [6.45, 7) is 4.16. The summed E-state index contributed by atoms with van der Waals surface area (Å²) in [5.41, 5.74) is 4.93. The molecule has 0 bridgehead atoms. The molecule has 0 aliphatic heterocycles. The molecule has 0 radical (unpaired) electrons. The normalized spacial score (nSPS) is 11.0. The van der Waals surface area contributed by atoms with Crippen LogP contribution in [0.4, 0.5) is 4.39 Å². The van der Waals surface area contributed by atoms with Gasteiger partial charge in [0.25, 0.3) is 0 Å². The fraction of sp³-hybridized carbons (Fsp3) is 0.130. The Bertz CT molecular complexity index is 1160. The summed E-state index contributed by atoms with van der Waals surface area (Å²) in [7, 11) is 0. The number of aryl methyl sites for hydroxylation is 2. The van der Waals surface area contributed by atoms with Gasteiger partial charge in [0, 0.05) is 16.3 Å². The molecule has 4 aromatic rings. The summed E-state index contributed by atoms with van der Waals surface area (Å²) in [4.78, 5) is 0. The molecule has 146 valence electrons. The lowest BCUT2D eigenvalue weighted by Gasteiger charge is -2.12. The molecule has 3 aromatic carbocycles. The summed E-state index contributed by atoms with van der Waals surface area (Å²) in [6, 6.07) is 20.6. The van der Waals surface area contributed by atoms with Crippen LogP contribution in [0.1, 0.15) is 16.7 Å². The molecule has 6 heteroatoms. The van der Waals surface area contributed by atoms with Crippen molar-refractivity contribution >= 4 is 23.4 Å². The van der Waals surface area contributed by atoms with E-state index in [1.54, 1.807) is 12.1 Å².